The summed E-state index contributed by atoms with van der Waals surface area (Å²) < 4.78 is 21.3. The average Bonchev–Trinajstić information content (AvgIpc) is 2.87. The fraction of sp³-hybridized carbons (Fsp3) is 0.400. The monoisotopic (exact) mass is 277 g/mol. The van der Waals surface area contributed by atoms with E-state index >= 15 is 0 Å². The Hall–Kier alpha value is -1.88. The molecule has 1 aromatic heterocycles. The van der Waals surface area contributed by atoms with Crippen LogP contribution in [0.5, 0.6) is 5.75 Å². The molecule has 0 radical (unpaired) electrons. The summed E-state index contributed by atoms with van der Waals surface area (Å²) in [5, 5.41) is 7.39. The number of nitrogens with zero attached hydrogens (tertiary/aromatic N) is 2. The van der Waals surface area contributed by atoms with E-state index in [0.29, 0.717) is 18.3 Å². The third-order valence-electron chi connectivity index (χ3n) is 2.97. The van der Waals surface area contributed by atoms with Crippen LogP contribution < -0.4 is 10.1 Å². The largest absolute Gasteiger partial charge is 0.484 e. The summed E-state index contributed by atoms with van der Waals surface area (Å²) in [5.74, 6) is -0.0537. The van der Waals surface area contributed by atoms with E-state index in [0.717, 1.165) is 11.3 Å². The Labute approximate surface area is 118 Å². The highest BCUT2D eigenvalue weighted by Gasteiger charge is 2.10. The molecular weight excluding hydrogens is 257 g/mol. The van der Waals surface area contributed by atoms with E-state index in [9.17, 15) is 4.39 Å². The molecule has 1 aromatic carbocycles. The number of para-hydroxylation sites is 1. The normalized spacial score (nSPS) is 11.1. The van der Waals surface area contributed by atoms with E-state index in [4.69, 9.17) is 4.74 Å². The van der Waals surface area contributed by atoms with E-state index in [-0.39, 0.29) is 12.4 Å². The molecule has 20 heavy (non-hydrogen) atoms. The minimum Gasteiger partial charge on any atom is -0.484 e. The van der Waals surface area contributed by atoms with Crippen molar-refractivity contribution in [3.05, 3.63) is 47.5 Å². The first-order valence-corrected chi connectivity index (χ1v) is 6.70. The molecule has 1 N–H and O–H groups in total. The van der Waals surface area contributed by atoms with Crippen molar-refractivity contribution >= 4 is 0 Å². The topological polar surface area (TPSA) is 39.1 Å². The van der Waals surface area contributed by atoms with Crippen molar-refractivity contribution in [1.29, 1.82) is 0 Å². The molecule has 108 valence electrons. The molecule has 0 amide bonds. The van der Waals surface area contributed by atoms with Crippen LogP contribution >= 0.6 is 0 Å². The van der Waals surface area contributed by atoms with E-state index in [2.05, 4.69) is 24.3 Å². The molecule has 2 aromatic rings. The lowest BCUT2D eigenvalue weighted by molar-refractivity contribution is 0.280. The lowest BCUT2D eigenvalue weighted by atomic mass is 10.2. The summed E-state index contributed by atoms with van der Waals surface area (Å²) in [6, 6.07) is 7.13. The number of benzene rings is 1. The Morgan fingerprint density at radius 2 is 2.15 bits per heavy atom. The molecule has 0 fully saturated rings. The Kier molecular flexibility index (Phi) is 4.74. The summed E-state index contributed by atoms with van der Waals surface area (Å²) in [7, 11) is 1.82. The van der Waals surface area contributed by atoms with Crippen LogP contribution in [-0.2, 0) is 13.2 Å². The molecule has 0 unspecified atom stereocenters. The molecule has 5 heteroatoms. The highest BCUT2D eigenvalue weighted by atomic mass is 19.1. The van der Waals surface area contributed by atoms with Gasteiger partial charge in [-0.2, -0.15) is 5.10 Å². The number of nitrogens with one attached hydrogen (secondary N) is 1. The van der Waals surface area contributed by atoms with Gasteiger partial charge in [0, 0.05) is 24.3 Å². The number of rotatable bonds is 6. The van der Waals surface area contributed by atoms with Crippen LogP contribution in [0.3, 0.4) is 0 Å². The maximum atomic E-state index is 13.8. The molecule has 0 spiro atoms. The van der Waals surface area contributed by atoms with Gasteiger partial charge in [-0.15, -0.1) is 0 Å². The average molecular weight is 277 g/mol. The quantitative estimate of drug-likeness (QED) is 0.882. The van der Waals surface area contributed by atoms with Crippen molar-refractivity contribution in [2.45, 2.75) is 33.0 Å². The summed E-state index contributed by atoms with van der Waals surface area (Å²) in [6.07, 6.45) is 1.90. The van der Waals surface area contributed by atoms with Gasteiger partial charge in [0.2, 0.25) is 0 Å². The standard InChI is InChI=1S/C15H20FN3O/c1-11(2)19-8-7-13(18-19)10-20-15-12(9-17-3)5-4-6-14(15)16/h4-8,11,17H,9-10H2,1-3H3. The lowest BCUT2D eigenvalue weighted by Gasteiger charge is -2.11. The second kappa shape index (κ2) is 6.52. The highest BCUT2D eigenvalue weighted by Crippen LogP contribution is 2.23. The number of halogens is 1. The van der Waals surface area contributed by atoms with Gasteiger partial charge < -0.3 is 10.1 Å². The predicted molar refractivity (Wildman–Crippen MR) is 76.1 cm³/mol. The molecule has 4 nitrogen and oxygen atoms in total. The van der Waals surface area contributed by atoms with Crippen molar-refractivity contribution in [3.63, 3.8) is 0 Å². The second-order valence-corrected chi connectivity index (χ2v) is 4.93. The van der Waals surface area contributed by atoms with Crippen molar-refractivity contribution in [3.8, 4) is 5.75 Å². The van der Waals surface area contributed by atoms with Crippen LogP contribution in [0.1, 0.15) is 31.1 Å². The van der Waals surface area contributed by atoms with Crippen LogP contribution in [0, 0.1) is 5.82 Å². The predicted octanol–water partition coefficient (Wildman–Crippen LogP) is 2.90. The zero-order valence-electron chi connectivity index (χ0n) is 12.1. The van der Waals surface area contributed by atoms with E-state index in [1.807, 2.05) is 30.1 Å². The molecule has 0 saturated carbocycles. The smallest absolute Gasteiger partial charge is 0.165 e. The van der Waals surface area contributed by atoms with Gasteiger partial charge in [-0.05, 0) is 33.0 Å². The minimum atomic E-state index is -0.346. The fourth-order valence-electron chi connectivity index (χ4n) is 1.93. The van der Waals surface area contributed by atoms with Crippen LogP contribution in [0.4, 0.5) is 4.39 Å². The fourth-order valence-corrected chi connectivity index (χ4v) is 1.93. The van der Waals surface area contributed by atoms with Gasteiger partial charge in [0.1, 0.15) is 6.61 Å². The molecular formula is C15H20FN3O. The molecule has 1 heterocycles. The summed E-state index contributed by atoms with van der Waals surface area (Å²) in [6.45, 7) is 4.93. The number of aromatic nitrogens is 2. The summed E-state index contributed by atoms with van der Waals surface area (Å²) in [4.78, 5) is 0. The van der Waals surface area contributed by atoms with Gasteiger partial charge in [0.15, 0.2) is 11.6 Å². The zero-order valence-corrected chi connectivity index (χ0v) is 12.1. The molecule has 0 aliphatic rings. The van der Waals surface area contributed by atoms with E-state index in [1.54, 1.807) is 6.07 Å². The Morgan fingerprint density at radius 1 is 1.35 bits per heavy atom. The molecule has 0 aliphatic carbocycles. The molecule has 2 rings (SSSR count). The van der Waals surface area contributed by atoms with Crippen LogP contribution in [-0.4, -0.2) is 16.8 Å². The number of ether oxygens (including phenoxy) is 1. The van der Waals surface area contributed by atoms with Gasteiger partial charge in [0.25, 0.3) is 0 Å². The molecule has 0 aliphatic heterocycles. The number of hydrogen-bond donors (Lipinski definition) is 1. The molecule has 0 saturated heterocycles. The Morgan fingerprint density at radius 3 is 2.80 bits per heavy atom. The van der Waals surface area contributed by atoms with Gasteiger partial charge >= 0.3 is 0 Å². The van der Waals surface area contributed by atoms with Crippen LogP contribution in [0.25, 0.3) is 0 Å². The Bertz CT molecular complexity index is 566. The van der Waals surface area contributed by atoms with Crippen LogP contribution in [0.15, 0.2) is 30.5 Å². The van der Waals surface area contributed by atoms with Crippen LogP contribution in [0.2, 0.25) is 0 Å². The lowest BCUT2D eigenvalue weighted by Crippen LogP contribution is -2.09. The van der Waals surface area contributed by atoms with Gasteiger partial charge in [-0.1, -0.05) is 12.1 Å². The first-order chi connectivity index (χ1) is 9.61. The zero-order chi connectivity index (χ0) is 14.5. The molecule has 0 bridgehead atoms. The minimum absolute atomic E-state index is 0.261. The summed E-state index contributed by atoms with van der Waals surface area (Å²) >= 11 is 0. The van der Waals surface area contributed by atoms with Crippen molar-refractivity contribution in [1.82, 2.24) is 15.1 Å². The third kappa shape index (κ3) is 3.36. The van der Waals surface area contributed by atoms with Crippen molar-refractivity contribution < 1.29 is 9.13 Å². The maximum Gasteiger partial charge on any atom is 0.165 e. The molecule has 0 atom stereocenters. The number of hydrogen-bond acceptors (Lipinski definition) is 3. The Balaban J connectivity index is 2.09. The van der Waals surface area contributed by atoms with Crippen molar-refractivity contribution in [2.75, 3.05) is 7.05 Å². The summed E-state index contributed by atoms with van der Waals surface area (Å²) in [5.41, 5.74) is 1.59. The van der Waals surface area contributed by atoms with E-state index in [1.165, 1.54) is 6.07 Å². The van der Waals surface area contributed by atoms with Gasteiger partial charge in [-0.3, -0.25) is 4.68 Å². The van der Waals surface area contributed by atoms with E-state index < -0.39 is 0 Å². The first kappa shape index (κ1) is 14.5. The van der Waals surface area contributed by atoms with Crippen molar-refractivity contribution in [2.24, 2.45) is 0 Å². The maximum absolute atomic E-state index is 13.8. The first-order valence-electron chi connectivity index (χ1n) is 6.70. The van der Waals surface area contributed by atoms with Gasteiger partial charge in [-0.25, -0.2) is 4.39 Å². The second-order valence-electron chi connectivity index (χ2n) is 4.93. The third-order valence-corrected chi connectivity index (χ3v) is 2.97. The highest BCUT2D eigenvalue weighted by molar-refractivity contribution is 5.35. The van der Waals surface area contributed by atoms with Gasteiger partial charge in [0.05, 0.1) is 5.69 Å². The SMILES string of the molecule is CNCc1cccc(F)c1OCc1ccn(C(C)C)n1.